The Kier molecular flexibility index (Phi) is 6.08. The van der Waals surface area contributed by atoms with Crippen molar-refractivity contribution in [3.05, 3.63) is 70.3 Å². The molecule has 4 aromatic rings. The molecule has 0 atom stereocenters. The summed E-state index contributed by atoms with van der Waals surface area (Å²) < 4.78 is 4.67. The summed E-state index contributed by atoms with van der Waals surface area (Å²) >= 11 is 8.58. The van der Waals surface area contributed by atoms with Gasteiger partial charge < -0.3 is 9.88 Å². The number of amides is 1. The van der Waals surface area contributed by atoms with Crippen LogP contribution in [0.5, 0.6) is 0 Å². The molecule has 0 aliphatic rings. The van der Waals surface area contributed by atoms with E-state index in [-0.39, 0.29) is 5.91 Å². The third-order valence-electron chi connectivity index (χ3n) is 4.41. The Morgan fingerprint density at radius 2 is 2.03 bits per heavy atom. The number of aromatic nitrogens is 4. The average molecular weight is 442 g/mol. The first-order chi connectivity index (χ1) is 14.1. The molecule has 0 fully saturated rings. The number of aromatic amines is 1. The number of hydrogen-bond acceptors (Lipinski definition) is 6. The maximum Gasteiger partial charge on any atom is 0.251 e. The number of fused-ring (bicyclic) bond motifs is 1. The summed E-state index contributed by atoms with van der Waals surface area (Å²) in [5.74, 6) is 1.40. The van der Waals surface area contributed by atoms with Gasteiger partial charge in [0, 0.05) is 17.9 Å². The van der Waals surface area contributed by atoms with Gasteiger partial charge in [-0.2, -0.15) is 5.10 Å². The summed E-state index contributed by atoms with van der Waals surface area (Å²) in [6, 6.07) is 15.8. The summed E-state index contributed by atoms with van der Waals surface area (Å²) in [6.07, 6.45) is 0. The van der Waals surface area contributed by atoms with Crippen molar-refractivity contribution in [2.45, 2.75) is 30.1 Å². The van der Waals surface area contributed by atoms with Crippen LogP contribution in [0.2, 0.25) is 0 Å². The summed E-state index contributed by atoms with van der Waals surface area (Å²) in [5.41, 5.74) is 2.81. The fraction of sp³-hybridized carbons (Fsp3) is 0.200. The van der Waals surface area contributed by atoms with E-state index in [0.29, 0.717) is 23.4 Å². The Labute approximate surface area is 181 Å². The second kappa shape index (κ2) is 8.89. The molecule has 6 nitrogen and oxygen atoms in total. The van der Waals surface area contributed by atoms with Gasteiger partial charge in [0.2, 0.25) is 0 Å². The number of carbonyl (C=O) groups excluding carboxylic acids is 1. The van der Waals surface area contributed by atoms with Gasteiger partial charge in [0.1, 0.15) is 0 Å². The molecule has 2 heterocycles. The van der Waals surface area contributed by atoms with Gasteiger partial charge in [-0.3, -0.25) is 9.89 Å². The monoisotopic (exact) mass is 441 g/mol. The Hall–Kier alpha value is -2.49. The highest BCUT2D eigenvalue weighted by Crippen LogP contribution is 2.31. The van der Waals surface area contributed by atoms with Crippen molar-refractivity contribution in [1.29, 1.82) is 0 Å². The van der Waals surface area contributed by atoms with E-state index >= 15 is 0 Å². The van der Waals surface area contributed by atoms with Crippen molar-refractivity contribution >= 4 is 51.4 Å². The maximum atomic E-state index is 12.4. The van der Waals surface area contributed by atoms with Crippen LogP contribution in [-0.2, 0) is 18.8 Å². The molecule has 0 unspecified atom stereocenters. The smallest absolute Gasteiger partial charge is 0.251 e. The molecular formula is C20H19N5OS3. The SMILES string of the molecule is CCn1c(CNC(=O)c2ccc(CSc3nc4ccccc4s3)cc2)n[nH]c1=S. The van der Waals surface area contributed by atoms with E-state index in [9.17, 15) is 4.79 Å². The molecule has 0 saturated heterocycles. The van der Waals surface area contributed by atoms with Crippen LogP contribution in [0, 0.1) is 4.77 Å². The fourth-order valence-electron chi connectivity index (χ4n) is 2.88. The molecule has 1 amide bonds. The van der Waals surface area contributed by atoms with Gasteiger partial charge >= 0.3 is 0 Å². The number of nitrogens with one attached hydrogen (secondary N) is 2. The van der Waals surface area contributed by atoms with Crippen LogP contribution >= 0.6 is 35.3 Å². The predicted molar refractivity (Wildman–Crippen MR) is 120 cm³/mol. The molecule has 4 rings (SSSR count). The molecule has 0 saturated carbocycles. The first-order valence-corrected chi connectivity index (χ1v) is 11.3. The molecule has 0 aliphatic carbocycles. The van der Waals surface area contributed by atoms with Gasteiger partial charge in [-0.15, -0.1) is 11.3 Å². The Balaban J connectivity index is 1.34. The summed E-state index contributed by atoms with van der Waals surface area (Å²) in [7, 11) is 0. The van der Waals surface area contributed by atoms with Gasteiger partial charge in [0.25, 0.3) is 5.91 Å². The lowest BCUT2D eigenvalue weighted by molar-refractivity contribution is 0.0949. The molecule has 2 aromatic heterocycles. The van der Waals surface area contributed by atoms with Crippen molar-refractivity contribution < 1.29 is 4.79 Å². The highest BCUT2D eigenvalue weighted by Gasteiger charge is 2.10. The number of nitrogens with zero attached hydrogens (tertiary/aromatic N) is 3. The topological polar surface area (TPSA) is 75.6 Å². The highest BCUT2D eigenvalue weighted by atomic mass is 32.2. The lowest BCUT2D eigenvalue weighted by Gasteiger charge is -2.07. The minimum Gasteiger partial charge on any atom is -0.345 e. The standard InChI is InChI=1S/C20H19N5OS3/c1-2-25-17(23-24-19(25)27)11-21-18(26)14-9-7-13(8-10-14)12-28-20-22-15-5-3-4-6-16(15)29-20/h3-10H,2,11-12H2,1H3,(H,21,26)(H,24,27). The predicted octanol–water partition coefficient (Wildman–Crippen LogP) is 4.79. The van der Waals surface area contributed by atoms with E-state index in [0.717, 1.165) is 27.0 Å². The van der Waals surface area contributed by atoms with Gasteiger partial charge in [-0.05, 0) is 49.0 Å². The second-order valence-corrected chi connectivity index (χ2v) is 8.94. The van der Waals surface area contributed by atoms with Crippen LogP contribution in [0.25, 0.3) is 10.2 Å². The maximum absolute atomic E-state index is 12.4. The van der Waals surface area contributed by atoms with Gasteiger partial charge in [0.15, 0.2) is 14.9 Å². The van der Waals surface area contributed by atoms with Crippen LogP contribution in [-0.4, -0.2) is 25.7 Å². The van der Waals surface area contributed by atoms with Crippen molar-refractivity contribution in [3.63, 3.8) is 0 Å². The molecule has 0 radical (unpaired) electrons. The number of benzene rings is 2. The number of H-pyrrole nitrogens is 1. The third-order valence-corrected chi connectivity index (χ3v) is 6.98. The number of rotatable bonds is 7. The first-order valence-electron chi connectivity index (χ1n) is 9.13. The van der Waals surface area contributed by atoms with Crippen LogP contribution in [0.15, 0.2) is 52.9 Å². The lowest BCUT2D eigenvalue weighted by atomic mass is 10.1. The number of thiazole rings is 1. The lowest BCUT2D eigenvalue weighted by Crippen LogP contribution is -2.24. The fourth-order valence-corrected chi connectivity index (χ4v) is 5.19. The van der Waals surface area contributed by atoms with Crippen LogP contribution in [0.1, 0.15) is 28.7 Å². The first kappa shape index (κ1) is 19.8. The summed E-state index contributed by atoms with van der Waals surface area (Å²) in [5, 5.41) is 9.80. The van der Waals surface area contributed by atoms with Gasteiger partial charge in [0.05, 0.1) is 16.8 Å². The van der Waals surface area contributed by atoms with Crippen molar-refractivity contribution in [3.8, 4) is 0 Å². The van der Waals surface area contributed by atoms with E-state index < -0.39 is 0 Å². The molecule has 0 bridgehead atoms. The Bertz CT molecular complexity index is 1160. The van der Waals surface area contributed by atoms with Crippen LogP contribution < -0.4 is 5.32 Å². The molecule has 29 heavy (non-hydrogen) atoms. The molecule has 2 aromatic carbocycles. The van der Waals surface area contributed by atoms with Gasteiger partial charge in [-0.25, -0.2) is 4.98 Å². The third kappa shape index (κ3) is 4.58. The second-order valence-electron chi connectivity index (χ2n) is 6.31. The average Bonchev–Trinajstić information content (AvgIpc) is 3.33. The largest absolute Gasteiger partial charge is 0.345 e. The van der Waals surface area contributed by atoms with Crippen molar-refractivity contribution in [2.24, 2.45) is 0 Å². The number of thioether (sulfide) groups is 1. The molecule has 9 heteroatoms. The van der Waals surface area contributed by atoms with Crippen LogP contribution in [0.3, 0.4) is 0 Å². The minimum absolute atomic E-state index is 0.132. The van der Waals surface area contributed by atoms with E-state index in [2.05, 4.69) is 26.6 Å². The number of hydrogen-bond donors (Lipinski definition) is 2. The molecule has 0 aliphatic heterocycles. The zero-order chi connectivity index (χ0) is 20.2. The molecule has 0 spiro atoms. The molecular weight excluding hydrogens is 422 g/mol. The zero-order valence-corrected chi connectivity index (χ0v) is 18.2. The van der Waals surface area contributed by atoms with Crippen molar-refractivity contribution in [1.82, 2.24) is 25.1 Å². The van der Waals surface area contributed by atoms with Gasteiger partial charge in [-0.1, -0.05) is 36.0 Å². The number of para-hydroxylation sites is 1. The quantitative estimate of drug-likeness (QED) is 0.318. The highest BCUT2D eigenvalue weighted by molar-refractivity contribution is 8.00. The van der Waals surface area contributed by atoms with E-state index in [1.807, 2.05) is 54.0 Å². The van der Waals surface area contributed by atoms with E-state index in [1.54, 1.807) is 23.1 Å². The van der Waals surface area contributed by atoms with Crippen molar-refractivity contribution in [2.75, 3.05) is 0 Å². The van der Waals surface area contributed by atoms with Crippen LogP contribution in [0.4, 0.5) is 0 Å². The molecule has 148 valence electrons. The Morgan fingerprint density at radius 1 is 1.24 bits per heavy atom. The normalized spacial score (nSPS) is 11.1. The Morgan fingerprint density at radius 3 is 2.79 bits per heavy atom. The molecule has 2 N–H and O–H groups in total. The van der Waals surface area contributed by atoms with E-state index in [4.69, 9.17) is 12.2 Å². The minimum atomic E-state index is -0.132. The zero-order valence-electron chi connectivity index (χ0n) is 15.7. The summed E-state index contributed by atoms with van der Waals surface area (Å²) in [6.45, 7) is 3.03. The summed E-state index contributed by atoms with van der Waals surface area (Å²) in [4.78, 5) is 17.1. The van der Waals surface area contributed by atoms with E-state index in [1.165, 1.54) is 4.70 Å². The number of carbonyl (C=O) groups is 1.